The maximum absolute atomic E-state index is 13.0. The van der Waals surface area contributed by atoms with E-state index in [-0.39, 0.29) is 11.4 Å². The predicted octanol–water partition coefficient (Wildman–Crippen LogP) is 2.54. The monoisotopic (exact) mass is 377 g/mol. The molecule has 1 aromatic heterocycles. The van der Waals surface area contributed by atoms with Gasteiger partial charge in [0.05, 0.1) is 11.6 Å². The lowest BCUT2D eigenvalue weighted by Crippen LogP contribution is -2.40. The number of aromatic nitrogens is 2. The highest BCUT2D eigenvalue weighted by atomic mass is 16.2. The molecular weight excluding hydrogens is 354 g/mol. The number of benzene rings is 1. The second-order valence-electron chi connectivity index (χ2n) is 7.81. The third kappa shape index (κ3) is 3.15. The van der Waals surface area contributed by atoms with Crippen LogP contribution in [-0.4, -0.2) is 29.0 Å². The first-order valence-corrected chi connectivity index (χ1v) is 9.64. The molecule has 0 bridgehead atoms. The number of H-pyrrole nitrogens is 1. The highest BCUT2D eigenvalue weighted by Crippen LogP contribution is 2.38. The number of rotatable bonds is 2. The molecule has 1 aromatic carbocycles. The Kier molecular flexibility index (Phi) is 4.63. The number of nitrogens with one attached hydrogen (secondary N) is 2. The van der Waals surface area contributed by atoms with Gasteiger partial charge in [-0.3, -0.25) is 14.6 Å². The summed E-state index contributed by atoms with van der Waals surface area (Å²) in [7, 11) is 0. The summed E-state index contributed by atoms with van der Waals surface area (Å²) in [5, 5.41) is 12.3. The number of nitrogens with zero attached hydrogens (tertiary/aromatic N) is 3. The number of aromatic amines is 1. The van der Waals surface area contributed by atoms with E-state index in [2.05, 4.69) is 28.3 Å². The minimum atomic E-state index is -0.972. The smallest absolute Gasteiger partial charge is 0.258 e. The molecule has 4 rings (SSSR count). The van der Waals surface area contributed by atoms with Gasteiger partial charge in [0.25, 0.3) is 5.56 Å². The number of fused-ring (bicyclic) bond motifs is 1. The first kappa shape index (κ1) is 18.2. The molecule has 28 heavy (non-hydrogen) atoms. The molecule has 3 heterocycles. The molecule has 0 spiro atoms. The molecule has 1 saturated heterocycles. The van der Waals surface area contributed by atoms with Gasteiger partial charge < -0.3 is 10.2 Å². The first-order chi connectivity index (χ1) is 13.5. The van der Waals surface area contributed by atoms with E-state index >= 15 is 0 Å². The fraction of sp³-hybridized carbons (Fsp3) is 0.429. The zero-order valence-corrected chi connectivity index (χ0v) is 16.0. The van der Waals surface area contributed by atoms with Crippen molar-refractivity contribution in [3.05, 3.63) is 51.3 Å². The lowest BCUT2D eigenvalue weighted by Gasteiger charge is -2.33. The second-order valence-corrected chi connectivity index (χ2v) is 7.81. The summed E-state index contributed by atoms with van der Waals surface area (Å²) >= 11 is 0. The van der Waals surface area contributed by atoms with Crippen LogP contribution >= 0.6 is 0 Å². The molecule has 2 N–H and O–H groups in total. The summed E-state index contributed by atoms with van der Waals surface area (Å²) < 4.78 is 0. The van der Waals surface area contributed by atoms with Crippen LogP contribution < -0.4 is 15.8 Å². The Hall–Kier alpha value is -3.14. The summed E-state index contributed by atoms with van der Waals surface area (Å²) in [5.41, 5.74) is 1.88. The average Bonchev–Trinajstić information content (AvgIpc) is 2.68. The minimum absolute atomic E-state index is 0.263. The van der Waals surface area contributed by atoms with E-state index in [1.54, 1.807) is 0 Å². The quantitative estimate of drug-likeness (QED) is 0.837. The first-order valence-electron chi connectivity index (χ1n) is 9.64. The van der Waals surface area contributed by atoms with Gasteiger partial charge in [-0.25, -0.2) is 0 Å². The van der Waals surface area contributed by atoms with Crippen molar-refractivity contribution in [1.82, 2.24) is 9.97 Å². The normalized spacial score (nSPS) is 22.3. The van der Waals surface area contributed by atoms with Crippen molar-refractivity contribution < 1.29 is 4.79 Å². The lowest BCUT2D eigenvalue weighted by atomic mass is 9.79. The Bertz CT molecular complexity index is 997. The van der Waals surface area contributed by atoms with Crippen LogP contribution in [0, 0.1) is 30.1 Å². The van der Waals surface area contributed by atoms with Crippen molar-refractivity contribution in [3.8, 4) is 6.07 Å². The maximum Gasteiger partial charge on any atom is 0.258 e. The number of anilines is 2. The molecule has 0 aliphatic carbocycles. The number of hydrogen-bond acceptors (Lipinski definition) is 5. The molecule has 0 radical (unpaired) electrons. The van der Waals surface area contributed by atoms with Gasteiger partial charge in [0.2, 0.25) is 11.9 Å². The summed E-state index contributed by atoms with van der Waals surface area (Å²) in [5.74, 6) is -0.631. The largest absolute Gasteiger partial charge is 0.342 e. The Labute approximate surface area is 163 Å². The number of carbonyl (C=O) groups excluding carboxylic acids is 1. The maximum atomic E-state index is 13.0. The van der Waals surface area contributed by atoms with Crippen LogP contribution in [0.15, 0.2) is 29.1 Å². The Morgan fingerprint density at radius 1 is 1.18 bits per heavy atom. The van der Waals surface area contributed by atoms with E-state index in [4.69, 9.17) is 0 Å². The molecule has 2 aliphatic rings. The van der Waals surface area contributed by atoms with Crippen LogP contribution in [0.2, 0.25) is 0 Å². The lowest BCUT2D eigenvalue weighted by molar-refractivity contribution is -0.119. The number of hydrogen-bond donors (Lipinski definition) is 2. The molecular formula is C21H23N5O2. The standard InChI is InChI=1S/C21H23N5O2/c1-12-3-5-14(6-4-12)16-15(11-22)19(27)23-18-17(16)20(28)25-21(24-18)26-9-7-13(2)8-10-26/h3-6,13,15-16H,7-10H2,1-2H3,(H2,23,24,25,27,28)/t15-,16-/m0/s1. The molecule has 144 valence electrons. The Morgan fingerprint density at radius 2 is 1.86 bits per heavy atom. The number of carbonyl (C=O) groups is 1. The molecule has 7 heteroatoms. The second kappa shape index (κ2) is 7.12. The van der Waals surface area contributed by atoms with Crippen molar-refractivity contribution >= 4 is 17.7 Å². The molecule has 1 fully saturated rings. The van der Waals surface area contributed by atoms with Gasteiger partial charge in [0.1, 0.15) is 11.7 Å². The topological polar surface area (TPSA) is 102 Å². The van der Waals surface area contributed by atoms with E-state index in [1.165, 1.54) is 0 Å². The fourth-order valence-corrected chi connectivity index (χ4v) is 4.00. The van der Waals surface area contributed by atoms with Gasteiger partial charge >= 0.3 is 0 Å². The highest BCUT2D eigenvalue weighted by molar-refractivity contribution is 5.97. The number of piperidine rings is 1. The van der Waals surface area contributed by atoms with Gasteiger partial charge in [0.15, 0.2) is 0 Å². The van der Waals surface area contributed by atoms with Gasteiger partial charge in [0, 0.05) is 19.0 Å². The average molecular weight is 377 g/mol. The highest BCUT2D eigenvalue weighted by Gasteiger charge is 2.40. The third-order valence-electron chi connectivity index (χ3n) is 5.77. The summed E-state index contributed by atoms with van der Waals surface area (Å²) in [4.78, 5) is 35.1. The molecule has 7 nitrogen and oxygen atoms in total. The van der Waals surface area contributed by atoms with Crippen LogP contribution in [0.5, 0.6) is 0 Å². The fourth-order valence-electron chi connectivity index (χ4n) is 4.00. The van der Waals surface area contributed by atoms with Gasteiger partial charge in [-0.05, 0) is 31.2 Å². The molecule has 1 amide bonds. The summed E-state index contributed by atoms with van der Waals surface area (Å²) in [6, 6.07) is 9.63. The Morgan fingerprint density at radius 3 is 2.50 bits per heavy atom. The molecule has 0 saturated carbocycles. The van der Waals surface area contributed by atoms with Crippen molar-refractivity contribution in [2.24, 2.45) is 11.8 Å². The molecule has 2 atom stereocenters. The van der Waals surface area contributed by atoms with Gasteiger partial charge in [-0.15, -0.1) is 0 Å². The van der Waals surface area contributed by atoms with E-state index in [9.17, 15) is 14.9 Å². The van der Waals surface area contributed by atoms with E-state index < -0.39 is 17.7 Å². The van der Waals surface area contributed by atoms with E-state index in [0.29, 0.717) is 17.4 Å². The zero-order valence-electron chi connectivity index (χ0n) is 16.0. The minimum Gasteiger partial charge on any atom is -0.342 e. The van der Waals surface area contributed by atoms with Crippen molar-refractivity contribution in [2.75, 3.05) is 23.3 Å². The van der Waals surface area contributed by atoms with Crippen LogP contribution in [-0.2, 0) is 4.79 Å². The van der Waals surface area contributed by atoms with E-state index in [1.807, 2.05) is 36.1 Å². The SMILES string of the molecule is Cc1ccc([C@@H]2c3c(nc(N4CCC(C)CC4)[nH]c3=O)NC(=O)[C@H]2C#N)cc1. The number of aryl methyl sites for hydroxylation is 1. The van der Waals surface area contributed by atoms with Gasteiger partial charge in [-0.1, -0.05) is 36.8 Å². The summed E-state index contributed by atoms with van der Waals surface area (Å²) in [6.07, 6.45) is 2.07. The third-order valence-corrected chi connectivity index (χ3v) is 5.77. The molecule has 0 unspecified atom stereocenters. The Balaban J connectivity index is 1.80. The van der Waals surface area contributed by atoms with Crippen LogP contribution in [0.1, 0.15) is 42.4 Å². The van der Waals surface area contributed by atoms with Crippen LogP contribution in [0.4, 0.5) is 11.8 Å². The van der Waals surface area contributed by atoms with E-state index in [0.717, 1.165) is 37.1 Å². The number of nitriles is 1. The van der Waals surface area contributed by atoms with Crippen molar-refractivity contribution in [2.45, 2.75) is 32.6 Å². The van der Waals surface area contributed by atoms with Crippen molar-refractivity contribution in [1.29, 1.82) is 5.26 Å². The van der Waals surface area contributed by atoms with Crippen molar-refractivity contribution in [3.63, 3.8) is 0 Å². The zero-order chi connectivity index (χ0) is 19.8. The number of amides is 1. The van der Waals surface area contributed by atoms with Gasteiger partial charge in [-0.2, -0.15) is 10.2 Å². The predicted molar refractivity (Wildman–Crippen MR) is 106 cm³/mol. The molecule has 2 aromatic rings. The summed E-state index contributed by atoms with van der Waals surface area (Å²) in [6.45, 7) is 5.82. The van der Waals surface area contributed by atoms with Crippen LogP contribution in [0.25, 0.3) is 0 Å². The molecule has 2 aliphatic heterocycles. The van der Waals surface area contributed by atoms with Crippen LogP contribution in [0.3, 0.4) is 0 Å².